The number of rotatable bonds is 12. The molecule has 2 nitrogen and oxygen atoms in total. The van der Waals surface area contributed by atoms with Crippen molar-refractivity contribution in [2.45, 2.75) is 83.7 Å². The first-order valence-electron chi connectivity index (χ1n) is 7.59. The van der Waals surface area contributed by atoms with Gasteiger partial charge in [-0.15, -0.1) is 0 Å². The van der Waals surface area contributed by atoms with Crippen LogP contribution < -0.4 is 0 Å². The standard InChI is InChI=1S/C16H29FO2/c1-4-6-7-8-9-10-11-13-16(17,12-5-2)14(3)15(18)19/h3-13H2,1-2H3,(H,18,19). The largest absolute Gasteiger partial charge is 0.478 e. The van der Waals surface area contributed by atoms with Crippen molar-refractivity contribution in [3.8, 4) is 0 Å². The molecule has 0 saturated carbocycles. The smallest absolute Gasteiger partial charge is 0.334 e. The van der Waals surface area contributed by atoms with E-state index in [-0.39, 0.29) is 12.0 Å². The van der Waals surface area contributed by atoms with E-state index in [4.69, 9.17) is 5.11 Å². The molecule has 112 valence electrons. The van der Waals surface area contributed by atoms with Crippen LogP contribution in [0.25, 0.3) is 0 Å². The Morgan fingerprint density at radius 1 is 1.00 bits per heavy atom. The summed E-state index contributed by atoms with van der Waals surface area (Å²) in [5, 5.41) is 8.90. The number of hydrogen-bond acceptors (Lipinski definition) is 1. The van der Waals surface area contributed by atoms with Crippen molar-refractivity contribution >= 4 is 5.97 Å². The quantitative estimate of drug-likeness (QED) is 0.388. The lowest BCUT2D eigenvalue weighted by atomic mass is 9.86. The third kappa shape index (κ3) is 7.34. The second-order valence-electron chi connectivity index (χ2n) is 5.37. The lowest BCUT2D eigenvalue weighted by molar-refractivity contribution is -0.134. The lowest BCUT2D eigenvalue weighted by Crippen LogP contribution is -2.29. The van der Waals surface area contributed by atoms with Gasteiger partial charge in [-0.2, -0.15) is 0 Å². The molecular formula is C16H29FO2. The van der Waals surface area contributed by atoms with Gasteiger partial charge in [-0.1, -0.05) is 65.4 Å². The number of halogens is 1. The van der Waals surface area contributed by atoms with Crippen molar-refractivity contribution in [2.24, 2.45) is 0 Å². The van der Waals surface area contributed by atoms with Gasteiger partial charge >= 0.3 is 5.97 Å². The molecule has 0 saturated heterocycles. The average Bonchev–Trinajstić information content (AvgIpc) is 2.37. The molecule has 0 aromatic carbocycles. The Morgan fingerprint density at radius 2 is 1.53 bits per heavy atom. The maximum absolute atomic E-state index is 14.6. The normalized spacial score (nSPS) is 14.1. The van der Waals surface area contributed by atoms with E-state index >= 15 is 0 Å². The van der Waals surface area contributed by atoms with Crippen molar-refractivity contribution in [3.63, 3.8) is 0 Å². The Balaban J connectivity index is 4.01. The van der Waals surface area contributed by atoms with Crippen molar-refractivity contribution in [3.05, 3.63) is 12.2 Å². The van der Waals surface area contributed by atoms with Crippen LogP contribution in [0.2, 0.25) is 0 Å². The van der Waals surface area contributed by atoms with E-state index in [0.717, 1.165) is 19.3 Å². The Hall–Kier alpha value is -0.860. The van der Waals surface area contributed by atoms with Crippen LogP contribution in [-0.4, -0.2) is 16.7 Å². The highest BCUT2D eigenvalue weighted by Gasteiger charge is 2.35. The van der Waals surface area contributed by atoms with Gasteiger partial charge in [0.2, 0.25) is 0 Å². The van der Waals surface area contributed by atoms with Gasteiger partial charge in [0.15, 0.2) is 0 Å². The maximum Gasteiger partial charge on any atom is 0.334 e. The fraction of sp³-hybridized carbons (Fsp3) is 0.812. The molecule has 0 rings (SSSR count). The molecule has 0 aromatic heterocycles. The minimum absolute atomic E-state index is 0.258. The van der Waals surface area contributed by atoms with Crippen molar-refractivity contribution in [1.29, 1.82) is 0 Å². The highest BCUT2D eigenvalue weighted by Crippen LogP contribution is 2.32. The number of alkyl halides is 1. The van der Waals surface area contributed by atoms with Gasteiger partial charge in [0.1, 0.15) is 5.67 Å². The number of unbranched alkanes of at least 4 members (excludes halogenated alkanes) is 6. The number of carboxylic acid groups (broad SMARTS) is 1. The zero-order chi connectivity index (χ0) is 14.7. The number of hydrogen-bond donors (Lipinski definition) is 1. The molecule has 1 atom stereocenters. The Bertz CT molecular complexity index is 276. The van der Waals surface area contributed by atoms with E-state index in [2.05, 4.69) is 13.5 Å². The molecule has 19 heavy (non-hydrogen) atoms. The molecule has 1 N–H and O–H groups in total. The topological polar surface area (TPSA) is 37.3 Å². The van der Waals surface area contributed by atoms with Gasteiger partial charge in [0, 0.05) is 0 Å². The summed E-state index contributed by atoms with van der Waals surface area (Å²) < 4.78 is 14.6. The Kier molecular flexibility index (Phi) is 9.54. The fourth-order valence-corrected chi connectivity index (χ4v) is 2.38. The lowest BCUT2D eigenvalue weighted by Gasteiger charge is -2.25. The minimum Gasteiger partial charge on any atom is -0.478 e. The van der Waals surface area contributed by atoms with Crippen LogP contribution in [0.1, 0.15) is 78.1 Å². The van der Waals surface area contributed by atoms with Gasteiger partial charge < -0.3 is 5.11 Å². The molecule has 0 amide bonds. The first-order valence-corrected chi connectivity index (χ1v) is 7.59. The van der Waals surface area contributed by atoms with Gasteiger partial charge in [-0.25, -0.2) is 9.18 Å². The van der Waals surface area contributed by atoms with Crippen LogP contribution in [0.3, 0.4) is 0 Å². The Labute approximate surface area is 117 Å². The van der Waals surface area contributed by atoms with Crippen LogP contribution in [0, 0.1) is 0 Å². The summed E-state index contributed by atoms with van der Waals surface area (Å²) in [6, 6.07) is 0. The van der Waals surface area contributed by atoms with E-state index in [1.807, 2.05) is 6.92 Å². The first-order chi connectivity index (χ1) is 8.98. The van der Waals surface area contributed by atoms with Crippen LogP contribution >= 0.6 is 0 Å². The molecule has 0 fully saturated rings. The Morgan fingerprint density at radius 3 is 2.00 bits per heavy atom. The second-order valence-corrected chi connectivity index (χ2v) is 5.37. The third-order valence-electron chi connectivity index (χ3n) is 3.62. The summed E-state index contributed by atoms with van der Waals surface area (Å²) in [4.78, 5) is 10.9. The summed E-state index contributed by atoms with van der Waals surface area (Å²) in [7, 11) is 0. The predicted molar refractivity (Wildman–Crippen MR) is 78.1 cm³/mol. The van der Waals surface area contributed by atoms with E-state index in [0.29, 0.717) is 12.8 Å². The number of aliphatic carboxylic acids is 1. The number of carboxylic acids is 1. The SMILES string of the molecule is C=C(C(=O)O)C(F)(CCC)CCCCCCCCC. The van der Waals surface area contributed by atoms with Crippen LogP contribution in [0.15, 0.2) is 12.2 Å². The van der Waals surface area contributed by atoms with Gasteiger partial charge in [-0.3, -0.25) is 0 Å². The summed E-state index contributed by atoms with van der Waals surface area (Å²) in [5.74, 6) is -1.21. The zero-order valence-electron chi connectivity index (χ0n) is 12.5. The molecule has 1 unspecified atom stereocenters. The van der Waals surface area contributed by atoms with Crippen LogP contribution in [0.4, 0.5) is 4.39 Å². The molecule has 0 bridgehead atoms. The van der Waals surface area contributed by atoms with Crippen LogP contribution in [-0.2, 0) is 4.79 Å². The molecule has 0 aliphatic carbocycles. The molecule has 0 aromatic rings. The summed E-state index contributed by atoms with van der Waals surface area (Å²) in [6.07, 6.45) is 8.95. The molecule has 0 aliphatic rings. The monoisotopic (exact) mass is 272 g/mol. The number of carbonyl (C=O) groups is 1. The molecule has 0 spiro atoms. The molecule has 0 heterocycles. The van der Waals surface area contributed by atoms with E-state index in [1.54, 1.807) is 0 Å². The predicted octanol–water partition coefficient (Wildman–Crippen LogP) is 5.28. The van der Waals surface area contributed by atoms with E-state index in [1.165, 1.54) is 25.7 Å². The molecular weight excluding hydrogens is 243 g/mol. The van der Waals surface area contributed by atoms with Crippen molar-refractivity contribution in [2.75, 3.05) is 0 Å². The zero-order valence-corrected chi connectivity index (χ0v) is 12.5. The maximum atomic E-state index is 14.6. The summed E-state index contributed by atoms with van der Waals surface area (Å²) >= 11 is 0. The van der Waals surface area contributed by atoms with E-state index < -0.39 is 11.6 Å². The molecule has 0 aliphatic heterocycles. The average molecular weight is 272 g/mol. The second kappa shape index (κ2) is 9.99. The van der Waals surface area contributed by atoms with Gasteiger partial charge in [0.25, 0.3) is 0 Å². The fourth-order valence-electron chi connectivity index (χ4n) is 2.38. The van der Waals surface area contributed by atoms with E-state index in [9.17, 15) is 9.18 Å². The third-order valence-corrected chi connectivity index (χ3v) is 3.62. The van der Waals surface area contributed by atoms with Gasteiger partial charge in [-0.05, 0) is 19.3 Å². The highest BCUT2D eigenvalue weighted by molar-refractivity contribution is 5.88. The molecule has 3 heteroatoms. The minimum atomic E-state index is -1.72. The van der Waals surface area contributed by atoms with Gasteiger partial charge in [0.05, 0.1) is 5.57 Å². The van der Waals surface area contributed by atoms with Crippen molar-refractivity contribution in [1.82, 2.24) is 0 Å². The van der Waals surface area contributed by atoms with Crippen molar-refractivity contribution < 1.29 is 14.3 Å². The first kappa shape index (κ1) is 18.1. The van der Waals surface area contributed by atoms with Crippen LogP contribution in [0.5, 0.6) is 0 Å². The summed E-state index contributed by atoms with van der Waals surface area (Å²) in [5.41, 5.74) is -2.00. The molecule has 0 radical (unpaired) electrons. The summed E-state index contributed by atoms with van der Waals surface area (Å²) in [6.45, 7) is 7.46. The highest BCUT2D eigenvalue weighted by atomic mass is 19.1.